The lowest BCUT2D eigenvalue weighted by Gasteiger charge is -2.25. The number of thioether (sulfide) groups is 1. The van der Waals surface area contributed by atoms with Gasteiger partial charge in [0.2, 0.25) is 11.8 Å². The Balaban J connectivity index is 1.96. The zero-order chi connectivity index (χ0) is 31.3. The van der Waals surface area contributed by atoms with Crippen LogP contribution in [-0.4, -0.2) is 83.2 Å². The Kier molecular flexibility index (Phi) is 13.7. The van der Waals surface area contributed by atoms with E-state index in [1.807, 2.05) is 6.26 Å². The lowest BCUT2D eigenvalue weighted by atomic mass is 10.1. The number of nitrogens with zero attached hydrogens (tertiary/aromatic N) is 1. The molecule has 0 radical (unpaired) electrons. The molecule has 12 nitrogen and oxygen atoms in total. The number of rotatable bonds is 16. The summed E-state index contributed by atoms with van der Waals surface area (Å²) in [7, 11) is 0. The van der Waals surface area contributed by atoms with Crippen molar-refractivity contribution in [3.63, 3.8) is 0 Å². The Morgan fingerprint density at radius 2 is 1.69 bits per heavy atom. The number of esters is 1. The number of hydrogen-bond donors (Lipinski definition) is 4. The summed E-state index contributed by atoms with van der Waals surface area (Å²) in [5, 5.41) is 7.88. The van der Waals surface area contributed by atoms with Crippen molar-refractivity contribution < 1.29 is 33.5 Å². The van der Waals surface area contributed by atoms with Gasteiger partial charge in [-0.3, -0.25) is 28.9 Å². The second-order valence-electron chi connectivity index (χ2n) is 10.7. The van der Waals surface area contributed by atoms with Gasteiger partial charge in [-0.05, 0) is 76.2 Å². The number of carbonyl (C=O) groups is 6. The molecular formula is C29H41N5O7S. The summed E-state index contributed by atoms with van der Waals surface area (Å²) in [6.45, 7) is 5.15. The van der Waals surface area contributed by atoms with Crippen molar-refractivity contribution in [3.05, 3.63) is 47.5 Å². The number of unbranched alkanes of at least 4 members (excludes halogenated alkanes) is 1. The summed E-state index contributed by atoms with van der Waals surface area (Å²) in [6, 6.07) is 4.90. The number of amides is 5. The SMILES string of the molecule is CSCC[C@H](NC(=O)c1cccc(CN)c1)C(=O)NCC(=O)N[C@@H](CCCCN1C(=O)C=CC1=O)C(=O)OC(C)(C)C. The first-order chi connectivity index (χ1) is 19.8. The van der Waals surface area contributed by atoms with Crippen molar-refractivity contribution in [1.82, 2.24) is 20.9 Å². The Labute approximate surface area is 250 Å². The highest BCUT2D eigenvalue weighted by atomic mass is 32.2. The second kappa shape index (κ2) is 16.7. The molecule has 0 unspecified atom stereocenters. The third-order valence-electron chi connectivity index (χ3n) is 6.13. The van der Waals surface area contributed by atoms with Crippen LogP contribution in [0.4, 0.5) is 0 Å². The fourth-order valence-corrected chi connectivity index (χ4v) is 4.48. The van der Waals surface area contributed by atoms with Crippen LogP contribution in [0.2, 0.25) is 0 Å². The molecule has 0 spiro atoms. The first kappa shape index (κ1) is 34.5. The van der Waals surface area contributed by atoms with Gasteiger partial charge in [0, 0.05) is 30.8 Å². The van der Waals surface area contributed by atoms with E-state index < -0.39 is 47.9 Å². The highest BCUT2D eigenvalue weighted by Crippen LogP contribution is 2.13. The maximum atomic E-state index is 12.9. The Morgan fingerprint density at radius 1 is 1.00 bits per heavy atom. The first-order valence-electron chi connectivity index (χ1n) is 13.8. The minimum atomic E-state index is -1.00. The van der Waals surface area contributed by atoms with Crippen molar-refractivity contribution in [3.8, 4) is 0 Å². The molecule has 13 heteroatoms. The fourth-order valence-electron chi connectivity index (χ4n) is 4.01. The summed E-state index contributed by atoms with van der Waals surface area (Å²) in [5.74, 6) is -2.40. The van der Waals surface area contributed by atoms with Gasteiger partial charge in [0.25, 0.3) is 17.7 Å². The predicted molar refractivity (Wildman–Crippen MR) is 159 cm³/mol. The molecule has 5 amide bonds. The molecule has 2 atom stereocenters. The van der Waals surface area contributed by atoms with Crippen LogP contribution in [0.5, 0.6) is 0 Å². The smallest absolute Gasteiger partial charge is 0.329 e. The molecule has 0 aliphatic carbocycles. The van der Waals surface area contributed by atoms with Gasteiger partial charge in [-0.15, -0.1) is 0 Å². The normalized spacial score (nSPS) is 14.4. The molecular weight excluding hydrogens is 562 g/mol. The number of carbonyl (C=O) groups excluding carboxylic acids is 6. The van der Waals surface area contributed by atoms with Gasteiger partial charge in [0.1, 0.15) is 17.7 Å². The lowest BCUT2D eigenvalue weighted by Crippen LogP contribution is -2.51. The summed E-state index contributed by atoms with van der Waals surface area (Å²) < 4.78 is 5.45. The van der Waals surface area contributed by atoms with Crippen molar-refractivity contribution in [2.45, 2.75) is 70.7 Å². The van der Waals surface area contributed by atoms with Crippen LogP contribution in [0, 0.1) is 0 Å². The van der Waals surface area contributed by atoms with Gasteiger partial charge in [-0.1, -0.05) is 12.1 Å². The summed E-state index contributed by atoms with van der Waals surface area (Å²) in [4.78, 5) is 75.9. The number of imide groups is 1. The van der Waals surface area contributed by atoms with E-state index in [0.29, 0.717) is 30.6 Å². The minimum Gasteiger partial charge on any atom is -0.458 e. The standard InChI is InChI=1S/C29H41N5O7S/c1-29(2,3)41-28(40)22(10-5-6-14-34-24(36)11-12-25(34)37)32-23(35)18-31-27(39)21(13-15-42-4)33-26(38)20-9-7-8-19(16-20)17-30/h7-9,11-12,16,21-22H,5-6,10,13-15,17-18,30H2,1-4H3,(H,31,39)(H,32,35)(H,33,38)/t21-,22-/m0/s1. The van der Waals surface area contributed by atoms with E-state index in [2.05, 4.69) is 16.0 Å². The molecule has 0 fully saturated rings. The van der Waals surface area contributed by atoms with Crippen molar-refractivity contribution in [2.75, 3.05) is 25.1 Å². The van der Waals surface area contributed by atoms with Gasteiger partial charge in [-0.2, -0.15) is 11.8 Å². The lowest BCUT2D eigenvalue weighted by molar-refractivity contribution is -0.159. The van der Waals surface area contributed by atoms with E-state index in [-0.39, 0.29) is 31.3 Å². The maximum Gasteiger partial charge on any atom is 0.329 e. The van der Waals surface area contributed by atoms with E-state index in [9.17, 15) is 28.8 Å². The Bertz CT molecular complexity index is 1160. The number of ether oxygens (including phenoxy) is 1. The van der Waals surface area contributed by atoms with Crippen LogP contribution in [0.25, 0.3) is 0 Å². The van der Waals surface area contributed by atoms with Crippen molar-refractivity contribution in [1.29, 1.82) is 0 Å². The number of hydrogen-bond acceptors (Lipinski definition) is 9. The van der Waals surface area contributed by atoms with Crippen LogP contribution in [0.3, 0.4) is 0 Å². The van der Waals surface area contributed by atoms with Gasteiger partial charge in [-0.25, -0.2) is 4.79 Å². The first-order valence-corrected chi connectivity index (χ1v) is 15.2. The highest BCUT2D eigenvalue weighted by Gasteiger charge is 2.28. The van der Waals surface area contributed by atoms with Gasteiger partial charge in [0.15, 0.2) is 0 Å². The zero-order valence-corrected chi connectivity index (χ0v) is 25.4. The summed E-state index contributed by atoms with van der Waals surface area (Å²) in [6.07, 6.45) is 5.68. The third kappa shape index (κ3) is 11.6. The number of benzene rings is 1. The molecule has 5 N–H and O–H groups in total. The van der Waals surface area contributed by atoms with E-state index in [4.69, 9.17) is 10.5 Å². The van der Waals surface area contributed by atoms with E-state index in [1.165, 1.54) is 23.9 Å². The maximum absolute atomic E-state index is 12.9. The average molecular weight is 604 g/mol. The van der Waals surface area contributed by atoms with E-state index in [0.717, 1.165) is 10.5 Å². The zero-order valence-electron chi connectivity index (χ0n) is 24.6. The second-order valence-corrected chi connectivity index (χ2v) is 11.7. The highest BCUT2D eigenvalue weighted by molar-refractivity contribution is 7.98. The number of nitrogens with one attached hydrogen (secondary N) is 3. The predicted octanol–water partition coefficient (Wildman–Crippen LogP) is 1.03. The molecule has 1 heterocycles. The quantitative estimate of drug-likeness (QED) is 0.122. The van der Waals surface area contributed by atoms with Gasteiger partial charge >= 0.3 is 5.97 Å². The minimum absolute atomic E-state index is 0.190. The molecule has 0 saturated carbocycles. The fraction of sp³-hybridized carbons (Fsp3) is 0.517. The third-order valence-corrected chi connectivity index (χ3v) is 6.78. The molecule has 1 aliphatic heterocycles. The molecule has 0 saturated heterocycles. The molecule has 2 rings (SSSR count). The molecule has 0 aromatic heterocycles. The van der Waals surface area contributed by atoms with Crippen molar-refractivity contribution >= 4 is 47.3 Å². The largest absolute Gasteiger partial charge is 0.458 e. The molecule has 1 aromatic rings. The van der Waals surface area contributed by atoms with Crippen LogP contribution in [0.15, 0.2) is 36.4 Å². The van der Waals surface area contributed by atoms with Crippen LogP contribution < -0.4 is 21.7 Å². The molecule has 42 heavy (non-hydrogen) atoms. The average Bonchev–Trinajstić information content (AvgIpc) is 3.26. The van der Waals surface area contributed by atoms with Crippen LogP contribution in [0.1, 0.15) is 62.4 Å². The number of nitrogens with two attached hydrogens (primary N) is 1. The van der Waals surface area contributed by atoms with Gasteiger partial charge in [0.05, 0.1) is 6.54 Å². The Hall–Kier alpha value is -3.71. The topological polar surface area (TPSA) is 177 Å². The van der Waals surface area contributed by atoms with Gasteiger partial charge < -0.3 is 26.4 Å². The molecule has 0 bridgehead atoms. The van der Waals surface area contributed by atoms with Crippen molar-refractivity contribution in [2.24, 2.45) is 5.73 Å². The summed E-state index contributed by atoms with van der Waals surface area (Å²) in [5.41, 5.74) is 6.01. The Morgan fingerprint density at radius 3 is 2.31 bits per heavy atom. The summed E-state index contributed by atoms with van der Waals surface area (Å²) >= 11 is 1.51. The van der Waals surface area contributed by atoms with E-state index in [1.54, 1.807) is 45.0 Å². The van der Waals surface area contributed by atoms with Crippen LogP contribution in [-0.2, 0) is 35.3 Å². The molecule has 230 valence electrons. The van der Waals surface area contributed by atoms with Crippen LogP contribution >= 0.6 is 11.8 Å². The molecule has 1 aromatic carbocycles. The van der Waals surface area contributed by atoms with E-state index >= 15 is 0 Å². The molecule has 1 aliphatic rings. The monoisotopic (exact) mass is 603 g/mol.